The number of nitro benzene ring substituents is 1. The van der Waals surface area contributed by atoms with E-state index >= 15 is 0 Å². The molecule has 230 valence electrons. The van der Waals surface area contributed by atoms with Crippen molar-refractivity contribution in [2.45, 2.75) is 16.0 Å². The average Bonchev–Trinajstić information content (AvgIpc) is 2.97. The molecule has 0 unspecified atom stereocenters. The molecule has 0 aromatic heterocycles. The number of alkyl halides is 3. The maximum absolute atomic E-state index is 13.5. The van der Waals surface area contributed by atoms with Crippen LogP contribution in [0.1, 0.15) is 5.56 Å². The zero-order valence-corrected chi connectivity index (χ0v) is 24.4. The van der Waals surface area contributed by atoms with Gasteiger partial charge in [0.05, 0.1) is 26.1 Å². The molecule has 4 aromatic rings. The molecule has 0 atom stereocenters. The van der Waals surface area contributed by atoms with E-state index in [1.165, 1.54) is 48.5 Å². The Kier molecular flexibility index (Phi) is 9.17. The lowest BCUT2D eigenvalue weighted by atomic mass is 10.2. The third-order valence-electron chi connectivity index (χ3n) is 5.93. The van der Waals surface area contributed by atoms with E-state index in [2.05, 4.69) is 5.32 Å². The molecule has 4 aromatic carbocycles. The number of carbonyl (C=O) groups excluding carboxylic acids is 1. The maximum atomic E-state index is 13.5. The summed E-state index contributed by atoms with van der Waals surface area (Å²) < 4.78 is 94.8. The second-order valence-corrected chi connectivity index (χ2v) is 12.9. The van der Waals surface area contributed by atoms with Gasteiger partial charge in [-0.25, -0.2) is 16.8 Å². The van der Waals surface area contributed by atoms with Gasteiger partial charge in [-0.3, -0.25) is 23.9 Å². The molecule has 0 fully saturated rings. The van der Waals surface area contributed by atoms with Crippen molar-refractivity contribution in [3.63, 3.8) is 0 Å². The van der Waals surface area contributed by atoms with Crippen LogP contribution in [0.15, 0.2) is 107 Å². The third-order valence-corrected chi connectivity index (χ3v) is 9.48. The molecular formula is C27H20ClF3N4O7S2. The fraction of sp³-hybridized carbons (Fsp3) is 0.0741. The normalized spacial score (nSPS) is 11.9. The summed E-state index contributed by atoms with van der Waals surface area (Å²) in [5.41, 5.74) is -2.21. The highest BCUT2D eigenvalue weighted by molar-refractivity contribution is 7.93. The summed E-state index contributed by atoms with van der Waals surface area (Å²) >= 11 is 5.57. The average molecular weight is 669 g/mol. The predicted molar refractivity (Wildman–Crippen MR) is 156 cm³/mol. The Balaban J connectivity index is 1.54. The number of hydrogen-bond donors (Lipinski definition) is 2. The highest BCUT2D eigenvalue weighted by Gasteiger charge is 2.34. The maximum Gasteiger partial charge on any atom is 0.417 e. The number of benzene rings is 4. The minimum absolute atomic E-state index is 0.0456. The van der Waals surface area contributed by atoms with Crippen molar-refractivity contribution in [2.75, 3.05) is 20.9 Å². The summed E-state index contributed by atoms with van der Waals surface area (Å²) in [6.07, 6.45) is -4.82. The van der Waals surface area contributed by atoms with Gasteiger partial charge in [-0.1, -0.05) is 41.9 Å². The molecule has 17 heteroatoms. The molecule has 0 heterocycles. The van der Waals surface area contributed by atoms with Gasteiger partial charge in [0.15, 0.2) is 4.90 Å². The molecule has 0 aliphatic carbocycles. The quantitative estimate of drug-likeness (QED) is 0.157. The van der Waals surface area contributed by atoms with E-state index in [4.69, 9.17) is 11.6 Å². The van der Waals surface area contributed by atoms with E-state index in [1.807, 2.05) is 4.72 Å². The van der Waals surface area contributed by atoms with Crippen molar-refractivity contribution < 1.29 is 39.7 Å². The molecule has 11 nitrogen and oxygen atoms in total. The van der Waals surface area contributed by atoms with Crippen molar-refractivity contribution >= 4 is 60.3 Å². The largest absolute Gasteiger partial charge is 0.417 e. The number of hydrogen-bond acceptors (Lipinski definition) is 7. The molecule has 0 radical (unpaired) electrons. The van der Waals surface area contributed by atoms with Gasteiger partial charge in [-0.15, -0.1) is 0 Å². The number of carbonyl (C=O) groups is 1. The first-order valence-corrected chi connectivity index (χ1v) is 15.5. The smallest absolute Gasteiger partial charge is 0.325 e. The lowest BCUT2D eigenvalue weighted by Crippen LogP contribution is -2.38. The standard InChI is InChI=1S/C27H20ClF3N4O7S2/c28-23-15-12-19(16-22(23)27(29,30)31)33-43(39,40)21-13-10-18(11-14-21)32-26(36)17-34(20-6-2-1-3-7-20)44(41,42)25-9-5-4-8-24(25)35(37)38/h1-16,33H,17H2,(H,32,36). The van der Waals surface area contributed by atoms with Gasteiger partial charge >= 0.3 is 6.18 Å². The number of nitro groups is 1. The van der Waals surface area contributed by atoms with E-state index in [1.54, 1.807) is 6.07 Å². The number of halogens is 4. The van der Waals surface area contributed by atoms with Crippen molar-refractivity contribution in [1.29, 1.82) is 0 Å². The number of nitrogens with one attached hydrogen (secondary N) is 2. The number of sulfonamides is 2. The van der Waals surface area contributed by atoms with Crippen LogP contribution in [0.3, 0.4) is 0 Å². The second kappa shape index (κ2) is 12.5. The van der Waals surface area contributed by atoms with Gasteiger partial charge < -0.3 is 5.32 Å². The van der Waals surface area contributed by atoms with Gasteiger partial charge in [-0.05, 0) is 60.7 Å². The van der Waals surface area contributed by atoms with Gasteiger partial charge in [0.1, 0.15) is 6.54 Å². The molecule has 0 saturated carbocycles. The summed E-state index contributed by atoms with van der Waals surface area (Å²) in [6.45, 7) is -0.807. The summed E-state index contributed by atoms with van der Waals surface area (Å²) in [6, 6.07) is 19.1. The van der Waals surface area contributed by atoms with Gasteiger partial charge in [-0.2, -0.15) is 13.2 Å². The summed E-state index contributed by atoms with van der Waals surface area (Å²) in [5.74, 6) is -0.870. The monoisotopic (exact) mass is 668 g/mol. The first-order chi connectivity index (χ1) is 20.6. The minimum atomic E-state index is -4.82. The molecule has 4 rings (SSSR count). The number of anilines is 3. The fourth-order valence-electron chi connectivity index (χ4n) is 3.92. The summed E-state index contributed by atoms with van der Waals surface area (Å²) in [4.78, 5) is 22.6. The Bertz CT molecular complexity index is 1930. The number of amides is 1. The van der Waals surface area contributed by atoms with Crippen molar-refractivity contribution in [1.82, 2.24) is 0 Å². The van der Waals surface area contributed by atoms with Crippen molar-refractivity contribution in [3.8, 4) is 0 Å². The van der Waals surface area contributed by atoms with E-state index in [9.17, 15) is 44.9 Å². The van der Waals surface area contributed by atoms with Crippen LogP contribution in [-0.2, 0) is 31.0 Å². The van der Waals surface area contributed by atoms with Crippen LogP contribution < -0.4 is 14.3 Å². The lowest BCUT2D eigenvalue weighted by molar-refractivity contribution is -0.387. The van der Waals surface area contributed by atoms with Crippen LogP contribution in [0.5, 0.6) is 0 Å². The summed E-state index contributed by atoms with van der Waals surface area (Å²) in [5, 5.41) is 13.3. The summed E-state index contributed by atoms with van der Waals surface area (Å²) in [7, 11) is -8.99. The number of para-hydroxylation sites is 2. The second-order valence-electron chi connectivity index (χ2n) is 8.94. The van der Waals surface area contributed by atoms with E-state index in [0.717, 1.165) is 36.4 Å². The van der Waals surface area contributed by atoms with Gasteiger partial charge in [0.25, 0.3) is 25.7 Å². The van der Waals surface area contributed by atoms with E-state index in [-0.39, 0.29) is 22.0 Å². The zero-order chi connectivity index (χ0) is 32.3. The Morgan fingerprint density at radius 2 is 1.45 bits per heavy atom. The molecule has 0 spiro atoms. The highest BCUT2D eigenvalue weighted by atomic mass is 35.5. The van der Waals surface area contributed by atoms with Crippen LogP contribution in [0, 0.1) is 10.1 Å². The van der Waals surface area contributed by atoms with Crippen molar-refractivity contribution in [3.05, 3.63) is 118 Å². The van der Waals surface area contributed by atoms with Gasteiger partial charge in [0.2, 0.25) is 5.91 Å². The van der Waals surface area contributed by atoms with E-state index < -0.39 is 64.8 Å². The molecule has 1 amide bonds. The third kappa shape index (κ3) is 7.27. The van der Waals surface area contributed by atoms with Crippen LogP contribution in [0.2, 0.25) is 5.02 Å². The van der Waals surface area contributed by atoms with Crippen LogP contribution in [0.4, 0.5) is 35.9 Å². The first-order valence-electron chi connectivity index (χ1n) is 12.2. The number of rotatable bonds is 10. The van der Waals surface area contributed by atoms with Gasteiger partial charge in [0, 0.05) is 17.4 Å². The predicted octanol–water partition coefficient (Wildman–Crippen LogP) is 5.90. The Labute approximate surface area is 254 Å². The topological polar surface area (TPSA) is 156 Å². The van der Waals surface area contributed by atoms with Crippen LogP contribution in [0.25, 0.3) is 0 Å². The minimum Gasteiger partial charge on any atom is -0.325 e. The number of nitrogens with zero attached hydrogens (tertiary/aromatic N) is 2. The molecular weight excluding hydrogens is 649 g/mol. The highest BCUT2D eigenvalue weighted by Crippen LogP contribution is 2.36. The molecule has 0 bridgehead atoms. The zero-order valence-electron chi connectivity index (χ0n) is 22.0. The Hall–Kier alpha value is -4.67. The first kappa shape index (κ1) is 32.2. The van der Waals surface area contributed by atoms with E-state index in [0.29, 0.717) is 10.4 Å². The molecule has 0 aliphatic rings. The molecule has 44 heavy (non-hydrogen) atoms. The molecule has 0 saturated heterocycles. The Morgan fingerprint density at radius 1 is 0.864 bits per heavy atom. The lowest BCUT2D eigenvalue weighted by Gasteiger charge is -2.24. The molecule has 0 aliphatic heterocycles. The van der Waals surface area contributed by atoms with Crippen LogP contribution >= 0.6 is 11.6 Å². The molecule has 2 N–H and O–H groups in total. The van der Waals surface area contributed by atoms with Crippen molar-refractivity contribution in [2.24, 2.45) is 0 Å². The Morgan fingerprint density at radius 3 is 2.07 bits per heavy atom. The SMILES string of the molecule is O=C(CN(c1ccccc1)S(=O)(=O)c1ccccc1[N+](=O)[O-])Nc1ccc(S(=O)(=O)Nc2ccc(Cl)c(C(F)(F)F)c2)cc1. The fourth-order valence-corrected chi connectivity index (χ4v) is 6.78. The van der Waals surface area contributed by atoms with Crippen LogP contribution in [-0.4, -0.2) is 34.2 Å².